The van der Waals surface area contributed by atoms with Crippen molar-refractivity contribution in [3.63, 3.8) is 0 Å². The summed E-state index contributed by atoms with van der Waals surface area (Å²) in [6, 6.07) is 15.8. The van der Waals surface area contributed by atoms with Gasteiger partial charge in [-0.15, -0.1) is 0 Å². The molecular formula is C16H15N3. The second kappa shape index (κ2) is 4.28. The van der Waals surface area contributed by atoms with Crippen LogP contribution in [0.4, 0.5) is 11.5 Å². The molecule has 0 fully saturated rings. The predicted octanol–water partition coefficient (Wildman–Crippen LogP) is 3.37. The summed E-state index contributed by atoms with van der Waals surface area (Å²) in [6.45, 7) is 2.05. The first-order valence-corrected chi connectivity index (χ1v) is 6.18. The normalized spacial score (nSPS) is 10.8. The van der Waals surface area contributed by atoms with Crippen molar-refractivity contribution in [1.82, 2.24) is 4.98 Å². The second-order valence-electron chi connectivity index (χ2n) is 4.62. The highest BCUT2D eigenvalue weighted by Gasteiger charge is 2.13. The number of anilines is 2. The molecule has 3 heteroatoms. The Labute approximate surface area is 111 Å². The van der Waals surface area contributed by atoms with Crippen LogP contribution in [-0.2, 0) is 0 Å². The molecule has 0 radical (unpaired) electrons. The third kappa shape index (κ3) is 1.80. The van der Waals surface area contributed by atoms with Crippen LogP contribution < -0.4 is 11.5 Å². The number of pyridine rings is 1. The molecule has 0 bridgehead atoms. The second-order valence-corrected chi connectivity index (χ2v) is 4.62. The molecule has 2 aromatic carbocycles. The van der Waals surface area contributed by atoms with Crippen LogP contribution in [-0.4, -0.2) is 4.98 Å². The number of fused-ring (bicyclic) bond motifs is 1. The van der Waals surface area contributed by atoms with E-state index in [4.69, 9.17) is 11.5 Å². The minimum absolute atomic E-state index is 0.477. The van der Waals surface area contributed by atoms with Crippen molar-refractivity contribution < 1.29 is 0 Å². The summed E-state index contributed by atoms with van der Waals surface area (Å²) in [4.78, 5) is 4.45. The molecule has 0 unspecified atom stereocenters. The van der Waals surface area contributed by atoms with Crippen LogP contribution in [0, 0.1) is 6.92 Å². The molecule has 94 valence electrons. The summed E-state index contributed by atoms with van der Waals surface area (Å²) in [5.41, 5.74) is 16.9. The minimum Gasteiger partial charge on any atom is -0.398 e. The molecule has 0 spiro atoms. The van der Waals surface area contributed by atoms with E-state index >= 15 is 0 Å². The van der Waals surface area contributed by atoms with Gasteiger partial charge in [-0.2, -0.15) is 0 Å². The standard InChI is InChI=1S/C16H15N3/c1-10-6-2-3-7-11(10)14-15(17)12-8-4-5-9-13(12)19-16(14)18/h2-9H,1H3,(H4,17,18,19). The minimum atomic E-state index is 0.477. The predicted molar refractivity (Wildman–Crippen MR) is 80.7 cm³/mol. The summed E-state index contributed by atoms with van der Waals surface area (Å²) in [7, 11) is 0. The fraction of sp³-hybridized carbons (Fsp3) is 0.0625. The Hall–Kier alpha value is -2.55. The van der Waals surface area contributed by atoms with Crippen LogP contribution in [0.15, 0.2) is 48.5 Å². The van der Waals surface area contributed by atoms with E-state index < -0.39 is 0 Å². The molecule has 0 aliphatic carbocycles. The molecule has 0 aliphatic heterocycles. The molecule has 4 N–H and O–H groups in total. The van der Waals surface area contributed by atoms with Crippen molar-refractivity contribution in [2.24, 2.45) is 0 Å². The van der Waals surface area contributed by atoms with Crippen molar-refractivity contribution in [2.45, 2.75) is 6.92 Å². The van der Waals surface area contributed by atoms with Crippen molar-refractivity contribution in [3.05, 3.63) is 54.1 Å². The maximum Gasteiger partial charge on any atom is 0.134 e. The zero-order valence-corrected chi connectivity index (χ0v) is 10.7. The summed E-state index contributed by atoms with van der Waals surface area (Å²) in [5.74, 6) is 0.477. The molecule has 0 saturated heterocycles. The van der Waals surface area contributed by atoms with Gasteiger partial charge in [-0.1, -0.05) is 42.5 Å². The molecule has 0 atom stereocenters. The fourth-order valence-corrected chi connectivity index (χ4v) is 2.39. The van der Waals surface area contributed by atoms with Crippen LogP contribution in [0.3, 0.4) is 0 Å². The highest BCUT2D eigenvalue weighted by Crippen LogP contribution is 2.36. The first-order valence-electron chi connectivity index (χ1n) is 6.18. The summed E-state index contributed by atoms with van der Waals surface area (Å²) < 4.78 is 0. The third-order valence-electron chi connectivity index (χ3n) is 3.38. The summed E-state index contributed by atoms with van der Waals surface area (Å²) >= 11 is 0. The van der Waals surface area contributed by atoms with Gasteiger partial charge in [-0.3, -0.25) is 0 Å². The fourth-order valence-electron chi connectivity index (χ4n) is 2.39. The van der Waals surface area contributed by atoms with E-state index in [2.05, 4.69) is 4.98 Å². The highest BCUT2D eigenvalue weighted by atomic mass is 14.9. The lowest BCUT2D eigenvalue weighted by Crippen LogP contribution is -2.01. The number of hydrogen-bond donors (Lipinski definition) is 2. The molecule has 1 aromatic heterocycles. The average molecular weight is 249 g/mol. The lowest BCUT2D eigenvalue weighted by molar-refractivity contribution is 1.39. The third-order valence-corrected chi connectivity index (χ3v) is 3.38. The molecule has 19 heavy (non-hydrogen) atoms. The van der Waals surface area contributed by atoms with E-state index in [-0.39, 0.29) is 0 Å². The Kier molecular flexibility index (Phi) is 2.60. The van der Waals surface area contributed by atoms with Gasteiger partial charge in [-0.25, -0.2) is 4.98 Å². The molecule has 3 aromatic rings. The number of nitrogen functional groups attached to an aromatic ring is 2. The van der Waals surface area contributed by atoms with E-state index in [1.165, 1.54) is 0 Å². The van der Waals surface area contributed by atoms with Crippen molar-refractivity contribution in [3.8, 4) is 11.1 Å². The lowest BCUT2D eigenvalue weighted by Gasteiger charge is -2.13. The zero-order valence-electron chi connectivity index (χ0n) is 10.7. The quantitative estimate of drug-likeness (QED) is 0.695. The Morgan fingerprint density at radius 1 is 0.895 bits per heavy atom. The van der Waals surface area contributed by atoms with Gasteiger partial charge in [0.1, 0.15) is 5.82 Å². The van der Waals surface area contributed by atoms with Gasteiger partial charge in [0.2, 0.25) is 0 Å². The van der Waals surface area contributed by atoms with E-state index in [0.29, 0.717) is 11.5 Å². The van der Waals surface area contributed by atoms with Gasteiger partial charge in [0.05, 0.1) is 11.2 Å². The van der Waals surface area contributed by atoms with Gasteiger partial charge in [0.25, 0.3) is 0 Å². The number of aromatic nitrogens is 1. The Morgan fingerprint density at radius 3 is 2.37 bits per heavy atom. The number of aryl methyl sites for hydroxylation is 1. The maximum atomic E-state index is 6.30. The van der Waals surface area contributed by atoms with Crippen molar-refractivity contribution in [2.75, 3.05) is 11.5 Å². The topological polar surface area (TPSA) is 64.9 Å². The first-order chi connectivity index (χ1) is 9.18. The average Bonchev–Trinajstić information content (AvgIpc) is 2.41. The van der Waals surface area contributed by atoms with Gasteiger partial charge in [0, 0.05) is 10.9 Å². The van der Waals surface area contributed by atoms with Crippen LogP contribution in [0.5, 0.6) is 0 Å². The van der Waals surface area contributed by atoms with Gasteiger partial charge < -0.3 is 11.5 Å². The van der Waals surface area contributed by atoms with Crippen LogP contribution in [0.1, 0.15) is 5.56 Å². The zero-order chi connectivity index (χ0) is 13.4. The summed E-state index contributed by atoms with van der Waals surface area (Å²) in [5, 5.41) is 0.940. The van der Waals surface area contributed by atoms with Crippen molar-refractivity contribution in [1.29, 1.82) is 0 Å². The molecule has 3 nitrogen and oxygen atoms in total. The molecule has 1 heterocycles. The van der Waals surface area contributed by atoms with Gasteiger partial charge in [0.15, 0.2) is 0 Å². The van der Waals surface area contributed by atoms with Crippen molar-refractivity contribution >= 4 is 22.4 Å². The maximum absolute atomic E-state index is 6.30. The van der Waals surface area contributed by atoms with E-state index in [9.17, 15) is 0 Å². The number of rotatable bonds is 1. The Morgan fingerprint density at radius 2 is 1.58 bits per heavy atom. The largest absolute Gasteiger partial charge is 0.398 e. The lowest BCUT2D eigenvalue weighted by atomic mass is 9.97. The van der Waals surface area contributed by atoms with Gasteiger partial charge in [-0.05, 0) is 24.1 Å². The van der Waals surface area contributed by atoms with Crippen LogP contribution in [0.25, 0.3) is 22.0 Å². The Bertz CT molecular complexity index is 763. The number of hydrogen-bond acceptors (Lipinski definition) is 3. The molecular weight excluding hydrogens is 234 g/mol. The first kappa shape index (κ1) is 11.5. The number of nitrogens with zero attached hydrogens (tertiary/aromatic N) is 1. The van der Waals surface area contributed by atoms with E-state index in [1.807, 2.05) is 55.5 Å². The molecule has 0 aliphatic rings. The smallest absolute Gasteiger partial charge is 0.134 e. The van der Waals surface area contributed by atoms with E-state index in [1.54, 1.807) is 0 Å². The molecule has 0 saturated carbocycles. The molecule has 3 rings (SSSR count). The number of nitrogens with two attached hydrogens (primary N) is 2. The summed E-state index contributed by atoms with van der Waals surface area (Å²) in [6.07, 6.45) is 0. The van der Waals surface area contributed by atoms with Crippen LogP contribution >= 0.6 is 0 Å². The van der Waals surface area contributed by atoms with Crippen LogP contribution in [0.2, 0.25) is 0 Å². The highest BCUT2D eigenvalue weighted by molar-refractivity contribution is 6.02. The Balaban J connectivity index is 2.39. The number of para-hydroxylation sites is 1. The van der Waals surface area contributed by atoms with Gasteiger partial charge >= 0.3 is 0 Å². The number of benzene rings is 2. The molecule has 0 amide bonds. The van der Waals surface area contributed by atoms with E-state index in [0.717, 1.165) is 27.6 Å². The SMILES string of the molecule is Cc1ccccc1-c1c(N)nc2ccccc2c1N. The monoisotopic (exact) mass is 249 g/mol.